The van der Waals surface area contributed by atoms with Crippen LogP contribution in [0.15, 0.2) is 60.7 Å². The summed E-state index contributed by atoms with van der Waals surface area (Å²) < 4.78 is 11.1. The van der Waals surface area contributed by atoms with Crippen molar-refractivity contribution < 1.29 is 19.4 Å². The van der Waals surface area contributed by atoms with E-state index < -0.39 is 5.97 Å². The van der Waals surface area contributed by atoms with Gasteiger partial charge in [-0.05, 0) is 71.8 Å². The predicted octanol–water partition coefficient (Wildman–Crippen LogP) is 6.58. The Bertz CT molecular complexity index is 1150. The number of unbranched alkanes of at least 4 members (excludes halogenated alkanes) is 2. The Balaban J connectivity index is 1.89. The van der Waals surface area contributed by atoms with Crippen molar-refractivity contribution in [3.63, 3.8) is 0 Å². The SMILES string of the molecule is C=C(C)C(=O)OCCc1c(OCCO)ccc(-c2ccc3cc(CCCCC)ccc3c2)c1C. The fourth-order valence-electron chi connectivity index (χ4n) is 4.21. The lowest BCUT2D eigenvalue weighted by molar-refractivity contribution is -0.138. The molecule has 0 unspecified atom stereocenters. The number of carbonyl (C=O) groups excluding carboxylic acids is 1. The van der Waals surface area contributed by atoms with Crippen molar-refractivity contribution in [3.05, 3.63) is 77.4 Å². The number of aryl methyl sites for hydroxylation is 1. The largest absolute Gasteiger partial charge is 0.491 e. The van der Waals surface area contributed by atoms with Gasteiger partial charge in [0.05, 0.1) is 13.2 Å². The molecule has 4 nitrogen and oxygen atoms in total. The highest BCUT2D eigenvalue weighted by Gasteiger charge is 2.14. The Labute approximate surface area is 203 Å². The van der Waals surface area contributed by atoms with E-state index in [-0.39, 0.29) is 19.8 Å². The Morgan fingerprint density at radius 1 is 0.971 bits per heavy atom. The van der Waals surface area contributed by atoms with E-state index in [4.69, 9.17) is 9.47 Å². The van der Waals surface area contributed by atoms with Crippen LogP contribution in [0, 0.1) is 6.92 Å². The van der Waals surface area contributed by atoms with E-state index in [0.717, 1.165) is 28.7 Å². The van der Waals surface area contributed by atoms with Gasteiger partial charge < -0.3 is 14.6 Å². The number of esters is 1. The van der Waals surface area contributed by atoms with Gasteiger partial charge in [-0.1, -0.05) is 62.7 Å². The van der Waals surface area contributed by atoms with Gasteiger partial charge in [0, 0.05) is 17.6 Å². The molecule has 4 heteroatoms. The summed E-state index contributed by atoms with van der Waals surface area (Å²) in [5, 5.41) is 11.7. The molecule has 3 aromatic rings. The predicted molar refractivity (Wildman–Crippen MR) is 139 cm³/mol. The van der Waals surface area contributed by atoms with Gasteiger partial charge in [-0.2, -0.15) is 0 Å². The number of hydrogen-bond donors (Lipinski definition) is 1. The zero-order valence-corrected chi connectivity index (χ0v) is 20.7. The molecular weight excluding hydrogens is 424 g/mol. The number of ether oxygens (including phenoxy) is 2. The molecule has 34 heavy (non-hydrogen) atoms. The molecule has 3 rings (SSSR count). The quantitative estimate of drug-likeness (QED) is 0.188. The van der Waals surface area contributed by atoms with Crippen molar-refractivity contribution in [2.24, 2.45) is 0 Å². The van der Waals surface area contributed by atoms with Crippen LogP contribution in [0.25, 0.3) is 21.9 Å². The lowest BCUT2D eigenvalue weighted by atomic mass is 9.92. The van der Waals surface area contributed by atoms with Crippen LogP contribution in [0.4, 0.5) is 0 Å². The lowest BCUT2D eigenvalue weighted by Gasteiger charge is -2.18. The van der Waals surface area contributed by atoms with E-state index in [1.807, 2.05) is 6.07 Å². The van der Waals surface area contributed by atoms with Crippen LogP contribution in [-0.2, 0) is 22.4 Å². The van der Waals surface area contributed by atoms with Crippen molar-refractivity contribution in [2.75, 3.05) is 19.8 Å². The highest BCUT2D eigenvalue weighted by Crippen LogP contribution is 2.34. The fraction of sp³-hybridized carbons (Fsp3) is 0.367. The standard InChI is InChI=1S/C30H36O4/c1-5-6-7-8-23-9-10-25-20-26(12-11-24(25)19-23)27-13-14-29(33-18-16-31)28(22(27)4)15-17-34-30(32)21(2)3/h9-14,19-20,31H,2,5-8,15-18H2,1,3-4H3. The minimum absolute atomic E-state index is 0.0595. The number of benzene rings is 3. The van der Waals surface area contributed by atoms with Gasteiger partial charge in [0.2, 0.25) is 0 Å². The van der Waals surface area contributed by atoms with Crippen LogP contribution in [0.2, 0.25) is 0 Å². The maximum Gasteiger partial charge on any atom is 0.333 e. The van der Waals surface area contributed by atoms with Crippen molar-refractivity contribution >= 4 is 16.7 Å². The van der Waals surface area contributed by atoms with Crippen LogP contribution in [0.5, 0.6) is 5.75 Å². The molecule has 0 spiro atoms. The third-order valence-corrected chi connectivity index (χ3v) is 6.12. The highest BCUT2D eigenvalue weighted by molar-refractivity contribution is 5.89. The topological polar surface area (TPSA) is 55.8 Å². The number of aliphatic hydroxyl groups excluding tert-OH is 1. The molecule has 0 bridgehead atoms. The Morgan fingerprint density at radius 2 is 1.74 bits per heavy atom. The summed E-state index contributed by atoms with van der Waals surface area (Å²) in [5.74, 6) is 0.314. The maximum atomic E-state index is 11.8. The second kappa shape index (κ2) is 12.4. The van der Waals surface area contributed by atoms with E-state index >= 15 is 0 Å². The van der Waals surface area contributed by atoms with Gasteiger partial charge in [0.1, 0.15) is 12.4 Å². The normalized spacial score (nSPS) is 10.9. The lowest BCUT2D eigenvalue weighted by Crippen LogP contribution is -2.11. The average Bonchev–Trinajstić information content (AvgIpc) is 2.83. The van der Waals surface area contributed by atoms with Crippen molar-refractivity contribution in [2.45, 2.75) is 52.9 Å². The molecule has 1 N–H and O–H groups in total. The van der Waals surface area contributed by atoms with E-state index in [0.29, 0.717) is 17.7 Å². The van der Waals surface area contributed by atoms with Crippen molar-refractivity contribution in [1.82, 2.24) is 0 Å². The second-order valence-corrected chi connectivity index (χ2v) is 8.81. The minimum atomic E-state index is -0.393. The first kappa shape index (κ1) is 25.5. The number of fused-ring (bicyclic) bond motifs is 1. The summed E-state index contributed by atoms with van der Waals surface area (Å²) in [7, 11) is 0. The molecule has 0 saturated heterocycles. The van der Waals surface area contributed by atoms with E-state index in [2.05, 4.69) is 62.9 Å². The molecule has 0 amide bonds. The van der Waals surface area contributed by atoms with E-state index in [1.54, 1.807) is 6.92 Å². The van der Waals surface area contributed by atoms with Crippen LogP contribution < -0.4 is 4.74 Å². The minimum Gasteiger partial charge on any atom is -0.491 e. The summed E-state index contributed by atoms with van der Waals surface area (Å²) in [4.78, 5) is 11.8. The first-order valence-electron chi connectivity index (χ1n) is 12.2. The van der Waals surface area contributed by atoms with E-state index in [9.17, 15) is 9.90 Å². The fourth-order valence-corrected chi connectivity index (χ4v) is 4.21. The van der Waals surface area contributed by atoms with Crippen LogP contribution >= 0.6 is 0 Å². The summed E-state index contributed by atoms with van der Waals surface area (Å²) in [6.45, 7) is 9.96. The summed E-state index contributed by atoms with van der Waals surface area (Å²) in [6.07, 6.45) is 5.38. The molecular formula is C30H36O4. The van der Waals surface area contributed by atoms with Gasteiger partial charge in [-0.3, -0.25) is 0 Å². The molecule has 0 aliphatic rings. The first-order valence-corrected chi connectivity index (χ1v) is 12.2. The zero-order valence-electron chi connectivity index (χ0n) is 20.7. The molecule has 0 fully saturated rings. The molecule has 180 valence electrons. The number of carbonyl (C=O) groups is 1. The molecule has 3 aromatic carbocycles. The second-order valence-electron chi connectivity index (χ2n) is 8.81. The monoisotopic (exact) mass is 460 g/mol. The average molecular weight is 461 g/mol. The third-order valence-electron chi connectivity index (χ3n) is 6.12. The van der Waals surface area contributed by atoms with Gasteiger partial charge in [0.25, 0.3) is 0 Å². The van der Waals surface area contributed by atoms with Crippen molar-refractivity contribution in [3.8, 4) is 16.9 Å². The molecule has 0 heterocycles. The summed E-state index contributed by atoms with van der Waals surface area (Å²) in [6, 6.07) is 17.3. The number of aliphatic hydroxyl groups is 1. The van der Waals surface area contributed by atoms with Crippen LogP contribution in [-0.4, -0.2) is 30.9 Å². The van der Waals surface area contributed by atoms with Crippen molar-refractivity contribution in [1.29, 1.82) is 0 Å². The Morgan fingerprint density at radius 3 is 2.47 bits per heavy atom. The summed E-state index contributed by atoms with van der Waals surface area (Å²) >= 11 is 0. The van der Waals surface area contributed by atoms with Gasteiger partial charge in [0.15, 0.2) is 0 Å². The molecule has 0 aromatic heterocycles. The van der Waals surface area contributed by atoms with Gasteiger partial charge in [-0.15, -0.1) is 0 Å². The van der Waals surface area contributed by atoms with Crippen LogP contribution in [0.3, 0.4) is 0 Å². The number of hydrogen-bond acceptors (Lipinski definition) is 4. The smallest absolute Gasteiger partial charge is 0.333 e. The number of rotatable bonds is 12. The highest BCUT2D eigenvalue weighted by atomic mass is 16.5. The van der Waals surface area contributed by atoms with Crippen LogP contribution in [0.1, 0.15) is 49.8 Å². The first-order chi connectivity index (χ1) is 16.4. The third kappa shape index (κ3) is 6.48. The molecule has 0 aliphatic heterocycles. The molecule has 0 atom stereocenters. The Kier molecular flexibility index (Phi) is 9.29. The zero-order chi connectivity index (χ0) is 24.5. The molecule has 0 saturated carbocycles. The van der Waals surface area contributed by atoms with Gasteiger partial charge in [-0.25, -0.2) is 4.79 Å². The molecule has 0 aliphatic carbocycles. The Hall–Kier alpha value is -3.11. The molecule has 0 radical (unpaired) electrons. The summed E-state index contributed by atoms with van der Waals surface area (Å²) in [5.41, 5.74) is 6.09. The maximum absolute atomic E-state index is 11.8. The van der Waals surface area contributed by atoms with E-state index in [1.165, 1.54) is 35.6 Å². The van der Waals surface area contributed by atoms with Gasteiger partial charge >= 0.3 is 5.97 Å².